The number of fused-ring (bicyclic) bond motifs is 1. The number of ether oxygens (including phenoxy) is 1. The van der Waals surface area contributed by atoms with Crippen molar-refractivity contribution < 1.29 is 14.3 Å². The molecule has 3 N–H and O–H groups in total. The molecule has 2 heterocycles. The highest BCUT2D eigenvalue weighted by Gasteiger charge is 2.15. The van der Waals surface area contributed by atoms with E-state index in [9.17, 15) is 9.59 Å². The molecule has 4 rings (SSSR count). The Morgan fingerprint density at radius 1 is 1.00 bits per heavy atom. The van der Waals surface area contributed by atoms with Gasteiger partial charge in [-0.15, -0.1) is 0 Å². The number of carbonyl (C=O) groups is 2. The first-order valence-electron chi connectivity index (χ1n) is 10.1. The lowest BCUT2D eigenvalue weighted by Gasteiger charge is -2.25. The van der Waals surface area contributed by atoms with Crippen molar-refractivity contribution in [2.24, 2.45) is 0 Å². The van der Waals surface area contributed by atoms with Crippen molar-refractivity contribution in [3.63, 3.8) is 0 Å². The average molecular weight is 406 g/mol. The van der Waals surface area contributed by atoms with Crippen molar-refractivity contribution in [3.05, 3.63) is 59.3 Å². The van der Waals surface area contributed by atoms with E-state index in [2.05, 4.69) is 26.6 Å². The average Bonchev–Trinajstić information content (AvgIpc) is 3.15. The minimum atomic E-state index is -0.202. The van der Waals surface area contributed by atoms with Crippen LogP contribution in [0, 0.1) is 13.8 Å². The predicted molar refractivity (Wildman–Crippen MR) is 118 cm³/mol. The molecular formula is C23H26N4O3. The smallest absolute Gasteiger partial charge is 0.272 e. The molecule has 0 atom stereocenters. The molecule has 0 saturated carbocycles. The summed E-state index contributed by atoms with van der Waals surface area (Å²) in [6.45, 7) is 7.29. The summed E-state index contributed by atoms with van der Waals surface area (Å²) in [6.07, 6.45) is 0. The van der Waals surface area contributed by atoms with E-state index in [0.717, 1.165) is 35.1 Å². The second kappa shape index (κ2) is 8.69. The van der Waals surface area contributed by atoms with Gasteiger partial charge in [-0.05, 0) is 61.4 Å². The molecule has 3 aromatic rings. The van der Waals surface area contributed by atoms with E-state index in [-0.39, 0.29) is 11.8 Å². The van der Waals surface area contributed by atoms with E-state index in [0.29, 0.717) is 36.8 Å². The van der Waals surface area contributed by atoms with E-state index in [1.54, 1.807) is 24.3 Å². The molecule has 30 heavy (non-hydrogen) atoms. The summed E-state index contributed by atoms with van der Waals surface area (Å²) in [7, 11) is 0. The maximum Gasteiger partial charge on any atom is 0.272 e. The monoisotopic (exact) mass is 406 g/mol. The number of benzene rings is 2. The number of anilines is 2. The normalized spacial score (nSPS) is 14.6. The Bertz CT molecular complexity index is 1070. The minimum Gasteiger partial charge on any atom is -0.379 e. The SMILES string of the molecule is Cc1cc(C)c2cc(C(=O)Nc3ccc(NC(=O)CN4CCOCC4)cc3)[nH]c2c1. The molecule has 2 aromatic carbocycles. The molecule has 2 amide bonds. The van der Waals surface area contributed by atoms with Gasteiger partial charge in [0.2, 0.25) is 5.91 Å². The van der Waals surface area contributed by atoms with Gasteiger partial charge < -0.3 is 20.4 Å². The summed E-state index contributed by atoms with van der Waals surface area (Å²) in [5.41, 5.74) is 5.12. The quantitative estimate of drug-likeness (QED) is 0.607. The summed E-state index contributed by atoms with van der Waals surface area (Å²) >= 11 is 0. The molecule has 1 aliphatic rings. The van der Waals surface area contributed by atoms with Crippen LogP contribution < -0.4 is 10.6 Å². The minimum absolute atomic E-state index is 0.0579. The number of hydrogen-bond acceptors (Lipinski definition) is 4. The Morgan fingerprint density at radius 3 is 2.37 bits per heavy atom. The molecule has 156 valence electrons. The van der Waals surface area contributed by atoms with Gasteiger partial charge in [0.05, 0.1) is 19.8 Å². The lowest BCUT2D eigenvalue weighted by atomic mass is 10.1. The summed E-state index contributed by atoms with van der Waals surface area (Å²) < 4.78 is 5.29. The zero-order chi connectivity index (χ0) is 21.1. The highest BCUT2D eigenvalue weighted by Crippen LogP contribution is 2.22. The molecule has 7 nitrogen and oxygen atoms in total. The van der Waals surface area contributed by atoms with Crippen molar-refractivity contribution >= 4 is 34.1 Å². The van der Waals surface area contributed by atoms with Gasteiger partial charge in [-0.2, -0.15) is 0 Å². The van der Waals surface area contributed by atoms with E-state index < -0.39 is 0 Å². The molecule has 1 aliphatic heterocycles. The molecule has 1 saturated heterocycles. The number of aromatic amines is 1. The largest absolute Gasteiger partial charge is 0.379 e. The van der Waals surface area contributed by atoms with E-state index in [4.69, 9.17) is 4.74 Å². The number of hydrogen-bond donors (Lipinski definition) is 3. The Hall–Kier alpha value is -3.16. The third-order valence-corrected chi connectivity index (χ3v) is 5.23. The summed E-state index contributed by atoms with van der Waals surface area (Å²) in [4.78, 5) is 30.1. The van der Waals surface area contributed by atoms with Crippen molar-refractivity contribution in [3.8, 4) is 0 Å². The molecule has 0 aliphatic carbocycles. The number of aromatic nitrogens is 1. The van der Waals surface area contributed by atoms with Gasteiger partial charge in [0, 0.05) is 35.4 Å². The highest BCUT2D eigenvalue weighted by molar-refractivity contribution is 6.06. The Kier molecular flexibility index (Phi) is 5.83. The van der Waals surface area contributed by atoms with Crippen molar-refractivity contribution in [1.29, 1.82) is 0 Å². The Balaban J connectivity index is 1.36. The number of rotatable bonds is 5. The Morgan fingerprint density at radius 2 is 1.67 bits per heavy atom. The maximum atomic E-state index is 12.6. The number of H-pyrrole nitrogens is 1. The third kappa shape index (κ3) is 4.69. The number of nitrogens with zero attached hydrogens (tertiary/aromatic N) is 1. The zero-order valence-electron chi connectivity index (χ0n) is 17.2. The molecule has 1 fully saturated rings. The molecule has 7 heteroatoms. The van der Waals surface area contributed by atoms with Crippen molar-refractivity contribution in [2.45, 2.75) is 13.8 Å². The predicted octanol–water partition coefficient (Wildman–Crippen LogP) is 3.31. The standard InChI is InChI=1S/C23H26N4O3/c1-15-11-16(2)19-13-21(26-20(19)12-15)23(29)25-18-5-3-17(4-6-18)24-22(28)14-27-7-9-30-10-8-27/h3-6,11-13,26H,7-10,14H2,1-2H3,(H,24,28)(H,25,29). The molecule has 0 bridgehead atoms. The van der Waals surface area contributed by atoms with Crippen LogP contribution in [0.15, 0.2) is 42.5 Å². The number of morpholine rings is 1. The van der Waals surface area contributed by atoms with Crippen molar-refractivity contribution in [2.75, 3.05) is 43.5 Å². The first-order chi connectivity index (χ1) is 14.5. The second-order valence-corrected chi connectivity index (χ2v) is 7.69. The van der Waals surface area contributed by atoms with Gasteiger partial charge in [0.15, 0.2) is 0 Å². The fraction of sp³-hybridized carbons (Fsp3) is 0.304. The summed E-state index contributed by atoms with van der Waals surface area (Å²) in [6, 6.07) is 13.1. The van der Waals surface area contributed by atoms with E-state index in [1.807, 2.05) is 26.0 Å². The fourth-order valence-corrected chi connectivity index (χ4v) is 3.72. The van der Waals surface area contributed by atoms with Gasteiger partial charge in [-0.3, -0.25) is 14.5 Å². The molecule has 1 aromatic heterocycles. The van der Waals surface area contributed by atoms with Crippen LogP contribution in [0.1, 0.15) is 21.6 Å². The highest BCUT2D eigenvalue weighted by atomic mass is 16.5. The van der Waals surface area contributed by atoms with Gasteiger partial charge in [-0.25, -0.2) is 0 Å². The van der Waals surface area contributed by atoms with Crippen LogP contribution in [0.3, 0.4) is 0 Å². The molecule has 0 unspecified atom stereocenters. The van der Waals surface area contributed by atoms with Gasteiger partial charge >= 0.3 is 0 Å². The van der Waals surface area contributed by atoms with Crippen molar-refractivity contribution in [1.82, 2.24) is 9.88 Å². The van der Waals surface area contributed by atoms with Gasteiger partial charge in [0.25, 0.3) is 5.91 Å². The maximum absolute atomic E-state index is 12.6. The van der Waals surface area contributed by atoms with E-state index in [1.165, 1.54) is 0 Å². The van der Waals surface area contributed by atoms with Gasteiger partial charge in [-0.1, -0.05) is 6.07 Å². The third-order valence-electron chi connectivity index (χ3n) is 5.23. The summed E-state index contributed by atoms with van der Waals surface area (Å²) in [5.74, 6) is -0.259. The first kappa shape index (κ1) is 20.1. The second-order valence-electron chi connectivity index (χ2n) is 7.69. The lowest BCUT2D eigenvalue weighted by molar-refractivity contribution is -0.118. The van der Waals surface area contributed by atoms with E-state index >= 15 is 0 Å². The Labute approximate surface area is 175 Å². The fourth-order valence-electron chi connectivity index (χ4n) is 3.72. The van der Waals surface area contributed by atoms with Crippen LogP contribution in [0.2, 0.25) is 0 Å². The van der Waals surface area contributed by atoms with Crippen LogP contribution in [-0.2, 0) is 9.53 Å². The number of aryl methyl sites for hydroxylation is 2. The van der Waals surface area contributed by atoms with Gasteiger partial charge in [0.1, 0.15) is 5.69 Å². The van der Waals surface area contributed by atoms with Crippen LogP contribution in [0.25, 0.3) is 10.9 Å². The molecule has 0 spiro atoms. The zero-order valence-corrected chi connectivity index (χ0v) is 17.2. The van der Waals surface area contributed by atoms with Crippen LogP contribution in [-0.4, -0.2) is 54.5 Å². The first-order valence-corrected chi connectivity index (χ1v) is 10.1. The topological polar surface area (TPSA) is 86.5 Å². The molecule has 0 radical (unpaired) electrons. The van der Waals surface area contributed by atoms with Crippen LogP contribution >= 0.6 is 0 Å². The number of amides is 2. The number of carbonyl (C=O) groups excluding carboxylic acids is 2. The number of nitrogens with one attached hydrogen (secondary N) is 3. The summed E-state index contributed by atoms with van der Waals surface area (Å²) in [5, 5.41) is 6.83. The lowest BCUT2D eigenvalue weighted by Crippen LogP contribution is -2.41. The van der Waals surface area contributed by atoms with Crippen LogP contribution in [0.5, 0.6) is 0 Å². The van der Waals surface area contributed by atoms with Crippen LogP contribution in [0.4, 0.5) is 11.4 Å². The molecular weight excluding hydrogens is 380 g/mol.